The Morgan fingerprint density at radius 3 is 2.60 bits per heavy atom. The van der Waals surface area contributed by atoms with Gasteiger partial charge in [-0.25, -0.2) is 4.39 Å². The predicted molar refractivity (Wildman–Crippen MR) is 96.3 cm³/mol. The van der Waals surface area contributed by atoms with E-state index in [0.717, 1.165) is 22.9 Å². The maximum atomic E-state index is 14.2. The molecule has 0 aromatic heterocycles. The Morgan fingerprint density at radius 2 is 1.96 bits per heavy atom. The van der Waals surface area contributed by atoms with E-state index >= 15 is 0 Å². The Labute approximate surface area is 147 Å². The fraction of sp³-hybridized carbons (Fsp3) is 0.350. The minimum Gasteiger partial charge on any atom is -0.507 e. The van der Waals surface area contributed by atoms with E-state index in [1.165, 1.54) is 6.07 Å². The van der Waals surface area contributed by atoms with Crippen molar-refractivity contribution in [1.82, 2.24) is 4.90 Å². The summed E-state index contributed by atoms with van der Waals surface area (Å²) in [6.07, 6.45) is 0. The van der Waals surface area contributed by atoms with Gasteiger partial charge in [-0.15, -0.1) is 0 Å². The summed E-state index contributed by atoms with van der Waals surface area (Å²) in [6.45, 7) is 6.57. The second kappa shape index (κ2) is 6.06. The van der Waals surface area contributed by atoms with E-state index in [4.69, 9.17) is 0 Å². The quantitative estimate of drug-likeness (QED) is 0.866. The van der Waals surface area contributed by atoms with Crippen LogP contribution in [-0.4, -0.2) is 23.0 Å². The molecule has 0 spiro atoms. The molecule has 0 bridgehead atoms. The van der Waals surface area contributed by atoms with Gasteiger partial charge in [0.15, 0.2) is 0 Å². The van der Waals surface area contributed by atoms with Crippen molar-refractivity contribution in [3.8, 4) is 5.75 Å². The van der Waals surface area contributed by atoms with Crippen molar-refractivity contribution in [3.63, 3.8) is 0 Å². The molecular formula is C20H23FN2O2. The van der Waals surface area contributed by atoms with Gasteiger partial charge in [0.25, 0.3) is 5.91 Å². The molecule has 0 fully saturated rings. The molecular weight excluding hydrogens is 319 g/mol. The number of carbonyl (C=O) groups excluding carboxylic acids is 1. The first-order valence-electron chi connectivity index (χ1n) is 8.33. The number of phenols is 1. The fourth-order valence-corrected chi connectivity index (χ4v) is 3.28. The Kier molecular flexibility index (Phi) is 4.19. The molecule has 1 aliphatic heterocycles. The van der Waals surface area contributed by atoms with Gasteiger partial charge in [0.1, 0.15) is 11.6 Å². The second-order valence-corrected chi connectivity index (χ2v) is 7.45. The Bertz CT molecular complexity index is 840. The number of rotatable bonds is 2. The van der Waals surface area contributed by atoms with E-state index in [2.05, 4.69) is 5.32 Å². The van der Waals surface area contributed by atoms with E-state index in [1.807, 2.05) is 46.0 Å². The molecule has 2 aromatic rings. The number of fused-ring (bicyclic) bond motifs is 1. The Balaban J connectivity index is 1.95. The van der Waals surface area contributed by atoms with Crippen LogP contribution in [0.25, 0.3) is 0 Å². The molecule has 4 nitrogen and oxygen atoms in total. The number of amides is 1. The summed E-state index contributed by atoms with van der Waals surface area (Å²) >= 11 is 0. The van der Waals surface area contributed by atoms with Crippen molar-refractivity contribution in [2.45, 2.75) is 39.3 Å². The molecule has 0 aliphatic carbocycles. The topological polar surface area (TPSA) is 52.6 Å². The third-order valence-electron chi connectivity index (χ3n) is 4.66. The highest BCUT2D eigenvalue weighted by Gasteiger charge is 2.29. The zero-order chi connectivity index (χ0) is 18.4. The number of anilines is 1. The third-order valence-corrected chi connectivity index (χ3v) is 4.66. The molecule has 1 heterocycles. The number of nitrogens with zero attached hydrogens (tertiary/aromatic N) is 1. The van der Waals surface area contributed by atoms with Crippen LogP contribution in [-0.2, 0) is 18.5 Å². The predicted octanol–water partition coefficient (Wildman–Crippen LogP) is 4.03. The van der Waals surface area contributed by atoms with Gasteiger partial charge < -0.3 is 15.3 Å². The number of nitrogens with one attached hydrogen (secondary N) is 1. The summed E-state index contributed by atoms with van der Waals surface area (Å²) in [5, 5.41) is 13.3. The molecule has 0 saturated carbocycles. The van der Waals surface area contributed by atoms with Crippen LogP contribution in [0, 0.1) is 5.82 Å². The Morgan fingerprint density at radius 1 is 1.24 bits per heavy atom. The van der Waals surface area contributed by atoms with Gasteiger partial charge in [-0.1, -0.05) is 32.9 Å². The monoisotopic (exact) mass is 342 g/mol. The SMILES string of the molecule is CNc1cccc2c1CN(C(=O)c1cc(C(C)(C)C)c(F)cc1O)C2. The normalized spacial score (nSPS) is 13.7. The number of aromatic hydroxyl groups is 1. The zero-order valence-electron chi connectivity index (χ0n) is 15.0. The number of carbonyl (C=O) groups is 1. The van der Waals surface area contributed by atoms with Crippen LogP contribution in [0.4, 0.5) is 10.1 Å². The summed E-state index contributed by atoms with van der Waals surface area (Å²) in [5.41, 5.74) is 3.26. The highest BCUT2D eigenvalue weighted by atomic mass is 19.1. The van der Waals surface area contributed by atoms with Crippen molar-refractivity contribution >= 4 is 11.6 Å². The van der Waals surface area contributed by atoms with Crippen molar-refractivity contribution in [1.29, 1.82) is 0 Å². The first-order valence-corrected chi connectivity index (χ1v) is 8.33. The minimum atomic E-state index is -0.497. The summed E-state index contributed by atoms with van der Waals surface area (Å²) in [6, 6.07) is 8.44. The van der Waals surface area contributed by atoms with Gasteiger partial charge in [0.2, 0.25) is 0 Å². The highest BCUT2D eigenvalue weighted by Crippen LogP contribution is 2.34. The van der Waals surface area contributed by atoms with Crippen molar-refractivity contribution in [2.75, 3.05) is 12.4 Å². The van der Waals surface area contributed by atoms with Gasteiger partial charge in [-0.05, 0) is 34.2 Å². The molecule has 132 valence electrons. The van der Waals surface area contributed by atoms with Crippen LogP contribution in [0.1, 0.15) is 47.8 Å². The van der Waals surface area contributed by atoms with Gasteiger partial charge >= 0.3 is 0 Å². The maximum absolute atomic E-state index is 14.2. The van der Waals surface area contributed by atoms with Crippen LogP contribution in [0.5, 0.6) is 5.75 Å². The lowest BCUT2D eigenvalue weighted by molar-refractivity contribution is 0.0748. The second-order valence-electron chi connectivity index (χ2n) is 7.45. The lowest BCUT2D eigenvalue weighted by Crippen LogP contribution is -2.26. The smallest absolute Gasteiger partial charge is 0.258 e. The van der Waals surface area contributed by atoms with E-state index in [1.54, 1.807) is 4.90 Å². The summed E-state index contributed by atoms with van der Waals surface area (Å²) in [4.78, 5) is 14.6. The molecule has 3 rings (SSSR count). The number of benzene rings is 2. The summed E-state index contributed by atoms with van der Waals surface area (Å²) < 4.78 is 14.2. The summed E-state index contributed by atoms with van der Waals surface area (Å²) in [5.74, 6) is -1.11. The van der Waals surface area contributed by atoms with Gasteiger partial charge in [0.05, 0.1) is 5.56 Å². The lowest BCUT2D eigenvalue weighted by Gasteiger charge is -2.22. The van der Waals surface area contributed by atoms with Crippen LogP contribution >= 0.6 is 0 Å². The average Bonchev–Trinajstić information content (AvgIpc) is 2.97. The Hall–Kier alpha value is -2.56. The molecule has 0 atom stereocenters. The number of hydrogen-bond donors (Lipinski definition) is 2. The largest absolute Gasteiger partial charge is 0.507 e. The molecule has 0 radical (unpaired) electrons. The number of phenolic OH excluding ortho intramolecular Hbond substituents is 1. The van der Waals surface area contributed by atoms with E-state index in [9.17, 15) is 14.3 Å². The number of hydrogen-bond acceptors (Lipinski definition) is 3. The molecule has 0 unspecified atom stereocenters. The van der Waals surface area contributed by atoms with Crippen molar-refractivity contribution < 1.29 is 14.3 Å². The zero-order valence-corrected chi connectivity index (χ0v) is 15.0. The number of halogens is 1. The van der Waals surface area contributed by atoms with Crippen LogP contribution in [0.3, 0.4) is 0 Å². The van der Waals surface area contributed by atoms with E-state index < -0.39 is 11.2 Å². The lowest BCUT2D eigenvalue weighted by atomic mass is 9.85. The minimum absolute atomic E-state index is 0.144. The van der Waals surface area contributed by atoms with Crippen LogP contribution < -0.4 is 5.32 Å². The molecule has 25 heavy (non-hydrogen) atoms. The van der Waals surface area contributed by atoms with Crippen molar-refractivity contribution in [3.05, 3.63) is 58.4 Å². The van der Waals surface area contributed by atoms with Gasteiger partial charge in [-0.2, -0.15) is 0 Å². The standard InChI is InChI=1S/C20H23FN2O2/c1-20(2,3)15-8-13(18(24)9-16(15)21)19(25)23-10-12-6-5-7-17(22-4)14(12)11-23/h5-9,22,24H,10-11H2,1-4H3. The van der Waals surface area contributed by atoms with E-state index in [0.29, 0.717) is 18.7 Å². The maximum Gasteiger partial charge on any atom is 0.258 e. The first-order chi connectivity index (χ1) is 11.7. The molecule has 0 saturated heterocycles. The first kappa shape index (κ1) is 17.3. The average molecular weight is 342 g/mol. The third kappa shape index (κ3) is 3.06. The fourth-order valence-electron chi connectivity index (χ4n) is 3.28. The molecule has 1 aliphatic rings. The summed E-state index contributed by atoms with van der Waals surface area (Å²) in [7, 11) is 1.85. The van der Waals surface area contributed by atoms with Crippen LogP contribution in [0.2, 0.25) is 0 Å². The molecule has 2 N–H and O–H groups in total. The van der Waals surface area contributed by atoms with Gasteiger partial charge in [0, 0.05) is 31.9 Å². The van der Waals surface area contributed by atoms with Gasteiger partial charge in [-0.3, -0.25) is 4.79 Å². The van der Waals surface area contributed by atoms with Crippen molar-refractivity contribution in [2.24, 2.45) is 0 Å². The van der Waals surface area contributed by atoms with Crippen LogP contribution in [0.15, 0.2) is 30.3 Å². The van der Waals surface area contributed by atoms with E-state index in [-0.39, 0.29) is 17.2 Å². The molecule has 1 amide bonds. The molecule has 2 aromatic carbocycles. The highest BCUT2D eigenvalue weighted by molar-refractivity contribution is 5.97. The molecule has 5 heteroatoms.